The van der Waals surface area contributed by atoms with Gasteiger partial charge in [0.1, 0.15) is 5.76 Å². The minimum absolute atomic E-state index is 0.172. The molecule has 1 N–H and O–H groups in total. The minimum atomic E-state index is 0.172. The molecule has 0 saturated carbocycles. The van der Waals surface area contributed by atoms with Crippen LogP contribution >= 0.6 is 0 Å². The molecule has 0 saturated heterocycles. The van der Waals surface area contributed by atoms with Crippen LogP contribution in [0.25, 0.3) is 6.08 Å². The Hall–Kier alpha value is -1.54. The van der Waals surface area contributed by atoms with Gasteiger partial charge in [0, 0.05) is 11.6 Å². The lowest BCUT2D eigenvalue weighted by molar-refractivity contribution is 0.153. The lowest BCUT2D eigenvalue weighted by Crippen LogP contribution is -2.35. The first-order valence-corrected chi connectivity index (χ1v) is 8.80. The van der Waals surface area contributed by atoms with E-state index >= 15 is 0 Å². The molecule has 0 bridgehead atoms. The number of nitrogens with one attached hydrogen (secondary N) is 1. The van der Waals surface area contributed by atoms with Gasteiger partial charge in [0.2, 0.25) is 0 Å². The van der Waals surface area contributed by atoms with Crippen molar-refractivity contribution in [2.75, 3.05) is 6.54 Å². The molecule has 1 aliphatic heterocycles. The summed E-state index contributed by atoms with van der Waals surface area (Å²) in [7, 11) is 0. The second kappa shape index (κ2) is 7.83. The first kappa shape index (κ1) is 17.8. The summed E-state index contributed by atoms with van der Waals surface area (Å²) in [6, 6.07) is 9.15. The summed E-state index contributed by atoms with van der Waals surface area (Å²) in [5.74, 6) is 1.57. The van der Waals surface area contributed by atoms with E-state index in [1.54, 1.807) is 0 Å². The van der Waals surface area contributed by atoms with E-state index in [4.69, 9.17) is 4.74 Å². The maximum Gasteiger partial charge on any atom is 0.124 e. The Morgan fingerprint density at radius 3 is 2.35 bits per heavy atom. The van der Waals surface area contributed by atoms with Gasteiger partial charge in [0.25, 0.3) is 0 Å². The first-order chi connectivity index (χ1) is 10.9. The van der Waals surface area contributed by atoms with Crippen LogP contribution in [-0.2, 0) is 4.74 Å². The van der Waals surface area contributed by atoms with E-state index in [0.717, 1.165) is 18.7 Å². The predicted molar refractivity (Wildman–Crippen MR) is 99.5 cm³/mol. The second-order valence-electron chi connectivity index (χ2n) is 7.12. The maximum absolute atomic E-state index is 6.18. The Morgan fingerprint density at radius 2 is 1.83 bits per heavy atom. The zero-order chi connectivity index (χ0) is 17.0. The van der Waals surface area contributed by atoms with E-state index in [2.05, 4.69) is 77.2 Å². The van der Waals surface area contributed by atoms with Crippen LogP contribution in [0.3, 0.4) is 0 Å². The van der Waals surface area contributed by atoms with Gasteiger partial charge in [-0.3, -0.25) is 0 Å². The molecule has 23 heavy (non-hydrogen) atoms. The summed E-state index contributed by atoms with van der Waals surface area (Å²) in [5, 5.41) is 3.55. The van der Waals surface area contributed by atoms with Crippen molar-refractivity contribution in [2.24, 2.45) is 0 Å². The summed E-state index contributed by atoms with van der Waals surface area (Å²) >= 11 is 0. The van der Waals surface area contributed by atoms with Crippen LogP contribution in [0.15, 0.2) is 41.2 Å². The number of ether oxygens (including phenoxy) is 1. The summed E-state index contributed by atoms with van der Waals surface area (Å²) < 4.78 is 6.18. The van der Waals surface area contributed by atoms with Gasteiger partial charge < -0.3 is 10.1 Å². The largest absolute Gasteiger partial charge is 0.491 e. The predicted octanol–water partition coefficient (Wildman–Crippen LogP) is 5.27. The van der Waals surface area contributed by atoms with Crippen molar-refractivity contribution in [3.8, 4) is 0 Å². The smallest absolute Gasteiger partial charge is 0.124 e. The van der Waals surface area contributed by atoms with Crippen LogP contribution in [-0.4, -0.2) is 18.7 Å². The van der Waals surface area contributed by atoms with Gasteiger partial charge in [-0.25, -0.2) is 0 Å². The molecule has 1 heterocycles. The molecule has 1 atom stereocenters. The number of hydrogen-bond acceptors (Lipinski definition) is 2. The molecule has 1 unspecified atom stereocenters. The minimum Gasteiger partial charge on any atom is -0.491 e. The standard InChI is InChI=1S/C21H31NO/c1-14(2)19-9-7-18(8-10-19)13-20(23-15(3)4)21-16(5)11-12-22-17(21)6/h7-10,13-15,17,22H,11-12H2,1-6H3/b20-13+. The molecule has 0 fully saturated rings. The molecule has 2 heteroatoms. The summed E-state index contributed by atoms with van der Waals surface area (Å²) in [6.45, 7) is 14.1. The summed E-state index contributed by atoms with van der Waals surface area (Å²) in [6.07, 6.45) is 3.45. The van der Waals surface area contributed by atoms with Gasteiger partial charge in [0.05, 0.1) is 6.10 Å². The van der Waals surface area contributed by atoms with Crippen LogP contribution in [0.2, 0.25) is 0 Å². The summed E-state index contributed by atoms with van der Waals surface area (Å²) in [5.41, 5.74) is 5.32. The molecular weight excluding hydrogens is 282 g/mol. The molecule has 1 aliphatic rings. The number of hydrogen-bond donors (Lipinski definition) is 1. The Labute approximate surface area is 141 Å². The highest BCUT2D eigenvalue weighted by Crippen LogP contribution is 2.28. The van der Waals surface area contributed by atoms with Crippen LogP contribution in [0.4, 0.5) is 0 Å². The Bertz CT molecular complexity index is 578. The van der Waals surface area contributed by atoms with Crippen LogP contribution in [0, 0.1) is 0 Å². The van der Waals surface area contributed by atoms with Crippen LogP contribution in [0.5, 0.6) is 0 Å². The molecular formula is C21H31NO. The Kier molecular flexibility index (Phi) is 6.06. The molecule has 126 valence electrons. The highest BCUT2D eigenvalue weighted by molar-refractivity contribution is 5.58. The van der Waals surface area contributed by atoms with E-state index < -0.39 is 0 Å². The van der Waals surface area contributed by atoms with E-state index in [0.29, 0.717) is 12.0 Å². The SMILES string of the molecule is CC1=C(/C(=C\c2ccc(C(C)C)cc2)OC(C)C)C(C)NCC1. The van der Waals surface area contributed by atoms with Crippen molar-refractivity contribution in [2.45, 2.75) is 66.0 Å². The normalized spacial score (nSPS) is 19.7. The van der Waals surface area contributed by atoms with E-state index in [1.807, 2.05) is 0 Å². The molecule has 0 spiro atoms. The van der Waals surface area contributed by atoms with Crippen molar-refractivity contribution in [3.63, 3.8) is 0 Å². The third-order valence-electron chi connectivity index (χ3n) is 4.37. The summed E-state index contributed by atoms with van der Waals surface area (Å²) in [4.78, 5) is 0. The number of rotatable bonds is 5. The van der Waals surface area contributed by atoms with Gasteiger partial charge in [-0.15, -0.1) is 0 Å². The van der Waals surface area contributed by atoms with Gasteiger partial charge >= 0.3 is 0 Å². The molecule has 0 aliphatic carbocycles. The van der Waals surface area contributed by atoms with Crippen molar-refractivity contribution < 1.29 is 4.74 Å². The fourth-order valence-electron chi connectivity index (χ4n) is 3.06. The molecule has 1 aromatic carbocycles. The van der Waals surface area contributed by atoms with Crippen LogP contribution < -0.4 is 5.32 Å². The van der Waals surface area contributed by atoms with E-state index in [1.165, 1.54) is 22.3 Å². The Balaban J connectivity index is 2.37. The molecule has 2 rings (SSSR count). The van der Waals surface area contributed by atoms with Crippen molar-refractivity contribution in [1.29, 1.82) is 0 Å². The third kappa shape index (κ3) is 4.71. The van der Waals surface area contributed by atoms with Gasteiger partial charge in [0.15, 0.2) is 0 Å². The molecule has 0 radical (unpaired) electrons. The number of benzene rings is 1. The lowest BCUT2D eigenvalue weighted by atomic mass is 9.93. The monoisotopic (exact) mass is 313 g/mol. The average Bonchev–Trinajstić information content (AvgIpc) is 2.46. The van der Waals surface area contributed by atoms with E-state index in [-0.39, 0.29) is 6.10 Å². The molecule has 2 nitrogen and oxygen atoms in total. The van der Waals surface area contributed by atoms with Crippen LogP contribution in [0.1, 0.15) is 65.0 Å². The van der Waals surface area contributed by atoms with Gasteiger partial charge in [-0.2, -0.15) is 0 Å². The van der Waals surface area contributed by atoms with Crippen molar-refractivity contribution in [1.82, 2.24) is 5.32 Å². The highest BCUT2D eigenvalue weighted by atomic mass is 16.5. The first-order valence-electron chi connectivity index (χ1n) is 8.80. The highest BCUT2D eigenvalue weighted by Gasteiger charge is 2.21. The topological polar surface area (TPSA) is 21.3 Å². The molecule has 0 amide bonds. The van der Waals surface area contributed by atoms with E-state index in [9.17, 15) is 0 Å². The fraction of sp³-hybridized carbons (Fsp3) is 0.524. The third-order valence-corrected chi connectivity index (χ3v) is 4.37. The zero-order valence-corrected chi connectivity index (χ0v) is 15.4. The van der Waals surface area contributed by atoms with Crippen molar-refractivity contribution in [3.05, 3.63) is 52.3 Å². The lowest BCUT2D eigenvalue weighted by Gasteiger charge is -2.28. The second-order valence-corrected chi connectivity index (χ2v) is 7.12. The average molecular weight is 313 g/mol. The molecule has 1 aromatic rings. The van der Waals surface area contributed by atoms with Gasteiger partial charge in [-0.05, 0) is 63.8 Å². The quantitative estimate of drug-likeness (QED) is 0.747. The Morgan fingerprint density at radius 1 is 1.17 bits per heavy atom. The van der Waals surface area contributed by atoms with Gasteiger partial charge in [-0.1, -0.05) is 43.7 Å². The fourth-order valence-corrected chi connectivity index (χ4v) is 3.06. The van der Waals surface area contributed by atoms with Crippen molar-refractivity contribution >= 4 is 6.08 Å². The maximum atomic E-state index is 6.18. The molecule has 0 aromatic heterocycles. The zero-order valence-electron chi connectivity index (χ0n) is 15.4.